The molecule has 0 bridgehead atoms. The zero-order valence-electron chi connectivity index (χ0n) is 18.0. The van der Waals surface area contributed by atoms with Gasteiger partial charge in [-0.1, -0.05) is 61.5 Å². The Bertz CT molecular complexity index is 965. The smallest absolute Gasteiger partial charge is 0.254 e. The number of aromatic nitrogens is 2. The third kappa shape index (κ3) is 5.75. The predicted octanol–water partition coefficient (Wildman–Crippen LogP) is 3.21. The van der Waals surface area contributed by atoms with Gasteiger partial charge < -0.3 is 10.2 Å². The topological polar surface area (TPSA) is 61.4 Å². The van der Waals surface area contributed by atoms with E-state index in [4.69, 9.17) is 0 Å². The molecule has 3 aromatic rings. The van der Waals surface area contributed by atoms with Gasteiger partial charge in [-0.15, -0.1) is 0 Å². The lowest BCUT2D eigenvalue weighted by atomic mass is 10.1. The average molecular weight is 416 g/mol. The number of hydrogen-bond donors (Lipinski definition) is 1. The SMILES string of the molecule is CCN1CCN(Cc2ccc(CNC(=O)c3cnc(-c4ccccc4)nc3)cc2)CC1. The van der Waals surface area contributed by atoms with Gasteiger partial charge in [-0.25, -0.2) is 9.97 Å². The van der Waals surface area contributed by atoms with Crippen molar-refractivity contribution in [2.45, 2.75) is 20.0 Å². The summed E-state index contributed by atoms with van der Waals surface area (Å²) in [6, 6.07) is 18.2. The zero-order valence-corrected chi connectivity index (χ0v) is 18.0. The first-order valence-corrected chi connectivity index (χ1v) is 10.9. The Kier molecular flexibility index (Phi) is 7.02. The van der Waals surface area contributed by atoms with E-state index in [1.165, 1.54) is 5.56 Å². The lowest BCUT2D eigenvalue weighted by Gasteiger charge is -2.34. The summed E-state index contributed by atoms with van der Waals surface area (Å²) < 4.78 is 0. The number of nitrogens with zero attached hydrogens (tertiary/aromatic N) is 4. The van der Waals surface area contributed by atoms with Crippen molar-refractivity contribution < 1.29 is 4.79 Å². The molecule has 1 saturated heterocycles. The minimum atomic E-state index is -0.169. The van der Waals surface area contributed by atoms with Gasteiger partial charge in [-0.2, -0.15) is 0 Å². The summed E-state index contributed by atoms with van der Waals surface area (Å²) >= 11 is 0. The maximum atomic E-state index is 12.4. The van der Waals surface area contributed by atoms with Crippen molar-refractivity contribution in [3.8, 4) is 11.4 Å². The van der Waals surface area contributed by atoms with E-state index in [9.17, 15) is 4.79 Å². The van der Waals surface area contributed by atoms with Gasteiger partial charge in [-0.3, -0.25) is 9.69 Å². The lowest BCUT2D eigenvalue weighted by Crippen LogP contribution is -2.45. The molecule has 1 amide bonds. The molecule has 1 aliphatic rings. The monoisotopic (exact) mass is 415 g/mol. The standard InChI is InChI=1S/C25H29N5O/c1-2-29-12-14-30(15-13-29)19-21-10-8-20(9-11-21)16-28-25(31)23-17-26-24(27-18-23)22-6-4-3-5-7-22/h3-11,17-18H,2,12-16,19H2,1H3,(H,28,31). The maximum Gasteiger partial charge on any atom is 0.254 e. The zero-order chi connectivity index (χ0) is 21.5. The number of benzene rings is 2. The Morgan fingerprint density at radius 1 is 0.871 bits per heavy atom. The predicted molar refractivity (Wildman–Crippen MR) is 122 cm³/mol. The molecule has 2 heterocycles. The number of hydrogen-bond acceptors (Lipinski definition) is 5. The second kappa shape index (κ2) is 10.3. The number of carbonyl (C=O) groups is 1. The first-order chi connectivity index (χ1) is 15.2. The van der Waals surface area contributed by atoms with Crippen LogP contribution in [0, 0.1) is 0 Å². The summed E-state index contributed by atoms with van der Waals surface area (Å²) in [7, 11) is 0. The number of rotatable bonds is 7. The Morgan fingerprint density at radius 3 is 2.13 bits per heavy atom. The van der Waals surface area contributed by atoms with Gasteiger partial charge >= 0.3 is 0 Å². The first-order valence-electron chi connectivity index (χ1n) is 10.9. The highest BCUT2D eigenvalue weighted by Crippen LogP contribution is 2.14. The van der Waals surface area contributed by atoms with Crippen LogP contribution in [0.5, 0.6) is 0 Å². The summed E-state index contributed by atoms with van der Waals surface area (Å²) in [5, 5.41) is 2.95. The third-order valence-electron chi connectivity index (χ3n) is 5.74. The van der Waals surface area contributed by atoms with E-state index in [0.717, 1.165) is 50.4 Å². The molecule has 4 rings (SSSR count). The molecule has 0 spiro atoms. The molecular weight excluding hydrogens is 386 g/mol. The van der Waals surface area contributed by atoms with Crippen molar-refractivity contribution in [3.63, 3.8) is 0 Å². The highest BCUT2D eigenvalue weighted by atomic mass is 16.1. The van der Waals surface area contributed by atoms with Crippen LogP contribution in [-0.4, -0.2) is 58.4 Å². The molecule has 2 aromatic carbocycles. The van der Waals surface area contributed by atoms with Gasteiger partial charge in [0, 0.05) is 57.2 Å². The molecule has 31 heavy (non-hydrogen) atoms. The van der Waals surface area contributed by atoms with Crippen LogP contribution in [0.1, 0.15) is 28.4 Å². The fourth-order valence-corrected chi connectivity index (χ4v) is 3.75. The van der Waals surface area contributed by atoms with Crippen molar-refractivity contribution in [1.29, 1.82) is 0 Å². The Balaban J connectivity index is 1.26. The van der Waals surface area contributed by atoms with E-state index >= 15 is 0 Å². The fraction of sp³-hybridized carbons (Fsp3) is 0.320. The average Bonchev–Trinajstić information content (AvgIpc) is 2.84. The number of amides is 1. The summed E-state index contributed by atoms with van der Waals surface area (Å²) in [4.78, 5) is 26.1. The minimum Gasteiger partial charge on any atom is -0.348 e. The molecule has 1 N–H and O–H groups in total. The first kappa shape index (κ1) is 21.2. The van der Waals surface area contributed by atoms with Crippen LogP contribution in [0.2, 0.25) is 0 Å². The quantitative estimate of drug-likeness (QED) is 0.642. The van der Waals surface area contributed by atoms with Crippen molar-refractivity contribution >= 4 is 5.91 Å². The number of nitrogens with one attached hydrogen (secondary N) is 1. The van der Waals surface area contributed by atoms with Crippen molar-refractivity contribution in [3.05, 3.63) is 83.7 Å². The molecule has 0 radical (unpaired) electrons. The summed E-state index contributed by atoms with van der Waals surface area (Å²) in [6.45, 7) is 9.36. The minimum absolute atomic E-state index is 0.169. The van der Waals surface area contributed by atoms with Gasteiger partial charge in [0.05, 0.1) is 5.56 Å². The van der Waals surface area contributed by atoms with Crippen LogP contribution in [0.15, 0.2) is 67.0 Å². The Hall–Kier alpha value is -3.09. The van der Waals surface area contributed by atoms with Gasteiger partial charge in [-0.05, 0) is 17.7 Å². The van der Waals surface area contributed by atoms with Crippen LogP contribution in [0.3, 0.4) is 0 Å². The van der Waals surface area contributed by atoms with E-state index < -0.39 is 0 Å². The largest absolute Gasteiger partial charge is 0.348 e. The highest BCUT2D eigenvalue weighted by molar-refractivity contribution is 5.93. The molecule has 160 valence electrons. The summed E-state index contributed by atoms with van der Waals surface area (Å²) in [6.07, 6.45) is 3.15. The Labute approximate surface area is 183 Å². The number of carbonyl (C=O) groups excluding carboxylic acids is 1. The lowest BCUT2D eigenvalue weighted by molar-refractivity contribution is 0.0950. The van der Waals surface area contributed by atoms with E-state index in [-0.39, 0.29) is 5.91 Å². The number of piperazine rings is 1. The van der Waals surface area contributed by atoms with E-state index in [1.54, 1.807) is 12.4 Å². The van der Waals surface area contributed by atoms with Crippen molar-refractivity contribution in [2.75, 3.05) is 32.7 Å². The second-order valence-corrected chi connectivity index (χ2v) is 7.87. The molecule has 1 aromatic heterocycles. The summed E-state index contributed by atoms with van der Waals surface area (Å²) in [5.41, 5.74) is 3.78. The normalized spacial score (nSPS) is 15.0. The van der Waals surface area contributed by atoms with Crippen molar-refractivity contribution in [1.82, 2.24) is 25.1 Å². The molecule has 1 fully saturated rings. The van der Waals surface area contributed by atoms with Gasteiger partial charge in [0.15, 0.2) is 5.82 Å². The van der Waals surface area contributed by atoms with Crippen LogP contribution in [0.4, 0.5) is 0 Å². The van der Waals surface area contributed by atoms with Gasteiger partial charge in [0.1, 0.15) is 0 Å². The third-order valence-corrected chi connectivity index (χ3v) is 5.74. The highest BCUT2D eigenvalue weighted by Gasteiger charge is 2.15. The molecule has 0 aliphatic carbocycles. The van der Waals surface area contributed by atoms with Crippen LogP contribution >= 0.6 is 0 Å². The number of likely N-dealkylation sites (N-methyl/N-ethyl adjacent to an activating group) is 1. The van der Waals surface area contributed by atoms with E-state index in [2.05, 4.69) is 56.3 Å². The van der Waals surface area contributed by atoms with Gasteiger partial charge in [0.2, 0.25) is 0 Å². The van der Waals surface area contributed by atoms with E-state index in [1.807, 2.05) is 30.3 Å². The molecule has 1 aliphatic heterocycles. The molecule has 0 atom stereocenters. The Morgan fingerprint density at radius 2 is 1.48 bits per heavy atom. The fourth-order valence-electron chi connectivity index (χ4n) is 3.75. The van der Waals surface area contributed by atoms with E-state index in [0.29, 0.717) is 17.9 Å². The van der Waals surface area contributed by atoms with Crippen LogP contribution in [0.25, 0.3) is 11.4 Å². The molecule has 6 heteroatoms. The van der Waals surface area contributed by atoms with Crippen LogP contribution in [-0.2, 0) is 13.1 Å². The van der Waals surface area contributed by atoms with Crippen LogP contribution < -0.4 is 5.32 Å². The maximum absolute atomic E-state index is 12.4. The molecule has 0 saturated carbocycles. The second-order valence-electron chi connectivity index (χ2n) is 7.87. The molecule has 0 unspecified atom stereocenters. The molecular formula is C25H29N5O. The molecule has 6 nitrogen and oxygen atoms in total. The van der Waals surface area contributed by atoms with Gasteiger partial charge in [0.25, 0.3) is 5.91 Å². The van der Waals surface area contributed by atoms with Crippen molar-refractivity contribution in [2.24, 2.45) is 0 Å². The summed E-state index contributed by atoms with van der Waals surface area (Å²) in [5.74, 6) is 0.446.